The van der Waals surface area contributed by atoms with E-state index in [2.05, 4.69) is 22.1 Å². The molecule has 0 radical (unpaired) electrons. The molecule has 2 aromatic heterocycles. The van der Waals surface area contributed by atoms with Crippen molar-refractivity contribution in [3.05, 3.63) is 53.7 Å². The van der Waals surface area contributed by atoms with Crippen LogP contribution in [-0.4, -0.2) is 50.5 Å². The topological polar surface area (TPSA) is 83.7 Å². The van der Waals surface area contributed by atoms with Crippen molar-refractivity contribution in [2.24, 2.45) is 0 Å². The highest BCUT2D eigenvalue weighted by atomic mass is 35.5. The molecule has 0 bridgehead atoms. The molecule has 29 heavy (non-hydrogen) atoms. The first-order valence-corrected chi connectivity index (χ1v) is 10.6. The van der Waals surface area contributed by atoms with E-state index in [0.717, 1.165) is 51.5 Å². The fourth-order valence-electron chi connectivity index (χ4n) is 3.54. The SMILES string of the molecule is CN1CC(Sc2nc(-c3cc(Cl)c4[nH]ncc4c3)c(-c3ccccc3)nc2N)C1. The standard InChI is InChI=1S/C21H19ClN6S/c1-28-10-15(11-28)29-21-20(23)25-18(12-5-3-2-4-6-12)19(26-21)13-7-14-9-24-27-17(14)16(22)8-13/h2-9,15H,10-11H2,1H3,(H2,23,25)(H,24,27). The van der Waals surface area contributed by atoms with Gasteiger partial charge in [-0.3, -0.25) is 5.10 Å². The zero-order valence-corrected chi connectivity index (χ0v) is 17.3. The van der Waals surface area contributed by atoms with Crippen molar-refractivity contribution in [1.29, 1.82) is 0 Å². The van der Waals surface area contributed by atoms with Crippen LogP contribution in [0, 0.1) is 0 Å². The summed E-state index contributed by atoms with van der Waals surface area (Å²) in [5.74, 6) is 0.461. The second-order valence-corrected chi connectivity index (χ2v) is 8.93. The summed E-state index contributed by atoms with van der Waals surface area (Å²) in [4.78, 5) is 12.0. The summed E-state index contributed by atoms with van der Waals surface area (Å²) in [5, 5.41) is 9.81. The Bertz CT molecular complexity index is 1190. The number of hydrogen-bond acceptors (Lipinski definition) is 6. The molecule has 0 saturated carbocycles. The molecule has 0 aliphatic carbocycles. The lowest BCUT2D eigenvalue weighted by Crippen LogP contribution is -2.46. The Morgan fingerprint density at radius 1 is 1.10 bits per heavy atom. The van der Waals surface area contributed by atoms with Crippen molar-refractivity contribution in [3.8, 4) is 22.5 Å². The van der Waals surface area contributed by atoms with E-state index in [1.165, 1.54) is 0 Å². The molecule has 1 aliphatic rings. The molecule has 1 fully saturated rings. The van der Waals surface area contributed by atoms with Gasteiger partial charge in [-0.2, -0.15) is 5.10 Å². The number of fused-ring (bicyclic) bond motifs is 1. The third-order valence-corrected chi connectivity index (χ3v) is 6.47. The first-order chi connectivity index (χ1) is 14.1. The summed E-state index contributed by atoms with van der Waals surface area (Å²) in [6.45, 7) is 2.04. The highest BCUT2D eigenvalue weighted by Gasteiger charge is 2.27. The average molecular weight is 423 g/mol. The van der Waals surface area contributed by atoms with E-state index in [9.17, 15) is 0 Å². The Morgan fingerprint density at radius 3 is 2.62 bits per heavy atom. The van der Waals surface area contributed by atoms with Gasteiger partial charge >= 0.3 is 0 Å². The number of aromatic amines is 1. The van der Waals surface area contributed by atoms with Crippen LogP contribution in [0.5, 0.6) is 0 Å². The third-order valence-electron chi connectivity index (χ3n) is 5.02. The predicted octanol–water partition coefficient (Wildman–Crippen LogP) is 4.33. The van der Waals surface area contributed by atoms with Crippen molar-refractivity contribution in [3.63, 3.8) is 0 Å². The maximum atomic E-state index is 6.50. The van der Waals surface area contributed by atoms with Crippen LogP contribution in [0.1, 0.15) is 0 Å². The van der Waals surface area contributed by atoms with Gasteiger partial charge in [-0.1, -0.05) is 53.7 Å². The zero-order chi connectivity index (χ0) is 20.0. The Balaban J connectivity index is 1.67. The predicted molar refractivity (Wildman–Crippen MR) is 119 cm³/mol. The fraction of sp³-hybridized carbons (Fsp3) is 0.190. The normalized spacial score (nSPS) is 15.0. The first kappa shape index (κ1) is 18.4. The van der Waals surface area contributed by atoms with Gasteiger partial charge in [0, 0.05) is 34.9 Å². The lowest BCUT2D eigenvalue weighted by molar-refractivity contribution is 0.239. The highest BCUT2D eigenvalue weighted by molar-refractivity contribution is 8.00. The number of thioether (sulfide) groups is 1. The summed E-state index contributed by atoms with van der Waals surface area (Å²) >= 11 is 8.19. The van der Waals surface area contributed by atoms with Gasteiger partial charge < -0.3 is 10.6 Å². The molecule has 5 rings (SSSR count). The van der Waals surface area contributed by atoms with Crippen LogP contribution < -0.4 is 5.73 Å². The summed E-state index contributed by atoms with van der Waals surface area (Å²) in [5.41, 5.74) is 10.5. The van der Waals surface area contributed by atoms with Crippen LogP contribution in [0.4, 0.5) is 5.82 Å². The molecule has 3 heterocycles. The van der Waals surface area contributed by atoms with Gasteiger partial charge in [0.25, 0.3) is 0 Å². The number of benzene rings is 2. The van der Waals surface area contributed by atoms with E-state index in [-0.39, 0.29) is 0 Å². The molecule has 0 atom stereocenters. The molecule has 3 N–H and O–H groups in total. The summed E-state index contributed by atoms with van der Waals surface area (Å²) in [6.07, 6.45) is 1.76. The number of nitrogens with zero attached hydrogens (tertiary/aromatic N) is 4. The lowest BCUT2D eigenvalue weighted by atomic mass is 10.0. The molecule has 2 aromatic carbocycles. The van der Waals surface area contributed by atoms with Crippen LogP contribution in [0.3, 0.4) is 0 Å². The Hall–Kier alpha value is -2.61. The molecule has 0 unspecified atom stereocenters. The van der Waals surface area contributed by atoms with Gasteiger partial charge in [-0.05, 0) is 19.2 Å². The summed E-state index contributed by atoms with van der Waals surface area (Å²) < 4.78 is 0. The van der Waals surface area contributed by atoms with E-state index in [1.54, 1.807) is 18.0 Å². The number of rotatable bonds is 4. The van der Waals surface area contributed by atoms with E-state index in [0.29, 0.717) is 16.1 Å². The van der Waals surface area contributed by atoms with Crippen LogP contribution in [-0.2, 0) is 0 Å². The maximum Gasteiger partial charge on any atom is 0.156 e. The molecule has 4 aromatic rings. The minimum absolute atomic E-state index is 0.461. The van der Waals surface area contributed by atoms with E-state index in [1.807, 2.05) is 42.5 Å². The summed E-state index contributed by atoms with van der Waals surface area (Å²) in [6, 6.07) is 13.9. The average Bonchev–Trinajstić information content (AvgIpc) is 3.18. The molecule has 0 amide bonds. The van der Waals surface area contributed by atoms with Crippen LogP contribution >= 0.6 is 23.4 Å². The van der Waals surface area contributed by atoms with Gasteiger partial charge in [-0.25, -0.2) is 9.97 Å². The fourth-order valence-corrected chi connectivity index (χ4v) is 5.10. The largest absolute Gasteiger partial charge is 0.381 e. The third kappa shape index (κ3) is 3.46. The quantitative estimate of drug-likeness (QED) is 0.509. The van der Waals surface area contributed by atoms with Gasteiger partial charge in [0.15, 0.2) is 5.82 Å². The van der Waals surface area contributed by atoms with Gasteiger partial charge in [0.2, 0.25) is 0 Å². The number of anilines is 1. The van der Waals surface area contributed by atoms with Gasteiger partial charge in [0.05, 0.1) is 28.1 Å². The number of halogens is 1. The molecular weight excluding hydrogens is 404 g/mol. The molecule has 1 saturated heterocycles. The van der Waals surface area contributed by atoms with E-state index in [4.69, 9.17) is 27.3 Å². The Morgan fingerprint density at radius 2 is 1.86 bits per heavy atom. The maximum absolute atomic E-state index is 6.50. The number of hydrogen-bond donors (Lipinski definition) is 2. The Labute approximate surface area is 177 Å². The van der Waals surface area contributed by atoms with Gasteiger partial charge in [-0.15, -0.1) is 0 Å². The number of nitrogens with two attached hydrogens (primary N) is 1. The molecule has 146 valence electrons. The number of H-pyrrole nitrogens is 1. The molecule has 6 nitrogen and oxygen atoms in total. The van der Waals surface area contributed by atoms with Gasteiger partial charge in [0.1, 0.15) is 5.03 Å². The van der Waals surface area contributed by atoms with Crippen molar-refractivity contribution < 1.29 is 0 Å². The number of nitrogens with one attached hydrogen (secondary N) is 1. The minimum atomic E-state index is 0.461. The summed E-state index contributed by atoms with van der Waals surface area (Å²) in [7, 11) is 2.11. The van der Waals surface area contributed by atoms with Crippen molar-refractivity contribution in [1.82, 2.24) is 25.1 Å². The molecule has 0 spiro atoms. The number of likely N-dealkylation sites (tertiary alicyclic amines) is 1. The van der Waals surface area contributed by atoms with Crippen molar-refractivity contribution in [2.45, 2.75) is 10.3 Å². The monoisotopic (exact) mass is 422 g/mol. The zero-order valence-electron chi connectivity index (χ0n) is 15.8. The molecular formula is C21H19ClN6S. The second-order valence-electron chi connectivity index (χ2n) is 7.23. The minimum Gasteiger partial charge on any atom is -0.381 e. The van der Waals surface area contributed by atoms with Crippen molar-refractivity contribution in [2.75, 3.05) is 25.9 Å². The molecule has 1 aliphatic heterocycles. The van der Waals surface area contributed by atoms with Crippen LogP contribution in [0.25, 0.3) is 33.4 Å². The number of aromatic nitrogens is 4. The van der Waals surface area contributed by atoms with Crippen molar-refractivity contribution >= 4 is 40.1 Å². The second kappa shape index (κ2) is 7.33. The van der Waals surface area contributed by atoms with E-state index < -0.39 is 0 Å². The smallest absolute Gasteiger partial charge is 0.156 e. The number of nitrogen functional groups attached to an aromatic ring is 1. The highest BCUT2D eigenvalue weighted by Crippen LogP contribution is 2.38. The molecule has 8 heteroatoms. The Kier molecular flexibility index (Phi) is 4.66. The van der Waals surface area contributed by atoms with Crippen LogP contribution in [0.15, 0.2) is 53.7 Å². The van der Waals surface area contributed by atoms with Crippen LogP contribution in [0.2, 0.25) is 5.02 Å². The first-order valence-electron chi connectivity index (χ1n) is 9.29. The lowest BCUT2D eigenvalue weighted by Gasteiger charge is -2.35. The van der Waals surface area contributed by atoms with E-state index >= 15 is 0 Å².